The molecule has 8 saturated heterocycles. The quantitative estimate of drug-likeness (QED) is 0.224. The Morgan fingerprint density at radius 1 is 0.435 bits per heavy atom. The van der Waals surface area contributed by atoms with Crippen LogP contribution < -0.4 is 21.3 Å². The number of rotatable bonds is 12. The van der Waals surface area contributed by atoms with Crippen LogP contribution >= 0.6 is 82.3 Å². The molecule has 0 aromatic carbocycles. The number of sulfone groups is 1. The van der Waals surface area contributed by atoms with E-state index in [-0.39, 0.29) is 47.5 Å². The molecule has 398 valence electrons. The molecule has 8 rings (SSSR count). The number of nitrogens with one attached hydrogen (secondary N) is 4. The molecule has 0 bridgehead atoms. The number of carbonyl (C=O) groups is 4. The van der Waals surface area contributed by atoms with Crippen molar-refractivity contribution in [2.75, 3.05) is 167 Å². The fourth-order valence-electron chi connectivity index (χ4n) is 9.69. The van der Waals surface area contributed by atoms with Gasteiger partial charge in [-0.3, -0.25) is 19.2 Å². The summed E-state index contributed by atoms with van der Waals surface area (Å²) in [5.74, 6) is 17.3. The molecule has 8 aliphatic heterocycles. The second kappa shape index (κ2) is 33.2. The first kappa shape index (κ1) is 60.0. The third-order valence-electron chi connectivity index (χ3n) is 14.0. The lowest BCUT2D eigenvalue weighted by Crippen LogP contribution is -2.47. The van der Waals surface area contributed by atoms with Crippen LogP contribution in [0.15, 0.2) is 0 Å². The molecule has 0 saturated carbocycles. The van der Waals surface area contributed by atoms with Crippen molar-refractivity contribution in [3.05, 3.63) is 0 Å². The second-order valence-electron chi connectivity index (χ2n) is 19.2. The van der Waals surface area contributed by atoms with Gasteiger partial charge in [0.15, 0.2) is 9.84 Å². The highest BCUT2D eigenvalue weighted by atomic mass is 32.2. The van der Waals surface area contributed by atoms with E-state index in [4.69, 9.17) is 0 Å². The van der Waals surface area contributed by atoms with Crippen LogP contribution in [0.4, 0.5) is 0 Å². The molecule has 8 aliphatic rings. The molecular weight excluding hydrogens is 1030 g/mol. The Morgan fingerprint density at radius 3 is 1.26 bits per heavy atom. The van der Waals surface area contributed by atoms with Crippen molar-refractivity contribution < 1.29 is 27.6 Å². The third kappa shape index (κ3) is 21.0. The molecule has 8 fully saturated rings. The van der Waals surface area contributed by atoms with Gasteiger partial charge >= 0.3 is 0 Å². The van der Waals surface area contributed by atoms with Crippen molar-refractivity contribution in [2.24, 2.45) is 17.8 Å². The van der Waals surface area contributed by atoms with Gasteiger partial charge in [0.05, 0.1) is 35.7 Å². The van der Waals surface area contributed by atoms with Gasteiger partial charge in [-0.1, -0.05) is 6.42 Å². The lowest BCUT2D eigenvalue weighted by Gasteiger charge is -2.30. The van der Waals surface area contributed by atoms with Gasteiger partial charge in [0.1, 0.15) is 0 Å². The van der Waals surface area contributed by atoms with E-state index in [1.807, 2.05) is 73.1 Å². The average Bonchev–Trinajstić information content (AvgIpc) is 3.58. The zero-order valence-corrected chi connectivity index (χ0v) is 48.6. The monoisotopic (exact) mass is 1110 g/mol. The molecule has 0 aliphatic carbocycles. The summed E-state index contributed by atoms with van der Waals surface area (Å²) in [5, 5.41) is 13.1. The minimum atomic E-state index is -2.85. The molecule has 14 nitrogen and oxygen atoms in total. The van der Waals surface area contributed by atoms with E-state index in [1.165, 1.54) is 73.7 Å². The van der Waals surface area contributed by atoms with Gasteiger partial charge in [-0.05, 0) is 120 Å². The highest BCUT2D eigenvalue weighted by molar-refractivity contribution is 8.00. The second-order valence-corrected chi connectivity index (χ2v) is 29.8. The molecule has 22 heteroatoms. The van der Waals surface area contributed by atoms with Gasteiger partial charge in [-0.15, -0.1) is 0 Å². The van der Waals surface area contributed by atoms with Gasteiger partial charge in [0, 0.05) is 104 Å². The average molecular weight is 1120 g/mol. The van der Waals surface area contributed by atoms with Crippen LogP contribution in [0.2, 0.25) is 0 Å². The molecule has 0 spiro atoms. The van der Waals surface area contributed by atoms with Crippen LogP contribution in [0.5, 0.6) is 0 Å². The Bertz CT molecular complexity index is 1520. The predicted octanol–water partition coefficient (Wildman–Crippen LogP) is 3.61. The number of carbonyl (C=O) groups excluding carboxylic acids is 4. The fraction of sp³-hybridized carbons (Fsp3) is 0.915. The van der Waals surface area contributed by atoms with E-state index < -0.39 is 9.84 Å². The largest absolute Gasteiger partial charge is 0.340 e. The summed E-state index contributed by atoms with van der Waals surface area (Å²) in [4.78, 5) is 57.2. The molecule has 7 unspecified atom stereocenters. The van der Waals surface area contributed by atoms with Crippen LogP contribution in [-0.2, 0) is 29.0 Å². The third-order valence-corrected chi connectivity index (χ3v) is 23.8. The van der Waals surface area contributed by atoms with Gasteiger partial charge in [-0.2, -0.15) is 82.3 Å². The smallest absolute Gasteiger partial charge is 0.240 e. The summed E-state index contributed by atoms with van der Waals surface area (Å²) in [6.45, 7) is 7.05. The van der Waals surface area contributed by atoms with Crippen LogP contribution in [-0.4, -0.2) is 248 Å². The van der Waals surface area contributed by atoms with Crippen LogP contribution in [0, 0.1) is 17.8 Å². The molecule has 0 radical (unpaired) electrons. The maximum Gasteiger partial charge on any atom is 0.240 e. The lowest BCUT2D eigenvalue weighted by molar-refractivity contribution is -0.133. The summed E-state index contributed by atoms with van der Waals surface area (Å²) >= 11 is 13.6. The van der Waals surface area contributed by atoms with E-state index >= 15 is 0 Å². The van der Waals surface area contributed by atoms with E-state index in [9.17, 15) is 27.6 Å². The van der Waals surface area contributed by atoms with E-state index in [0.29, 0.717) is 35.9 Å². The van der Waals surface area contributed by atoms with Crippen LogP contribution in [0.25, 0.3) is 0 Å². The van der Waals surface area contributed by atoms with Crippen LogP contribution in [0.3, 0.4) is 0 Å². The van der Waals surface area contributed by atoms with Crippen molar-refractivity contribution in [3.63, 3.8) is 0 Å². The minimum Gasteiger partial charge on any atom is -0.340 e. The molecule has 69 heavy (non-hydrogen) atoms. The Labute approximate surface area is 446 Å². The molecule has 8 heterocycles. The zero-order chi connectivity index (χ0) is 49.4. The lowest BCUT2D eigenvalue weighted by atomic mass is 10.0. The van der Waals surface area contributed by atoms with Gasteiger partial charge in [-0.25, -0.2) is 8.42 Å². The summed E-state index contributed by atoms with van der Waals surface area (Å²) in [6.07, 6.45) is 9.86. The number of nitrogens with zero attached hydrogens (tertiary/aromatic N) is 4. The predicted molar refractivity (Wildman–Crippen MR) is 304 cm³/mol. The standard InChI is InChI=1S/3C12H22N2OS2.C11H20N2O3S2/c1-13-11-9-17-7-4-14(12(11)15)8-10-2-5-16-6-3-10;1-13-11-9-17-6-4-14(12(11)15)7-10-3-2-5-16-8-10;1-13-11-9-16-7-5-14(12(11)15)8-10-4-2-3-6-17-10;1-12-10-7-17-4-3-13(11(10)14)6-9-2-5-18(15,16)8-9/h3*10-11,13H,2-9H2,1H3;9-10,12H,2-8H2,1H3. The molecule has 0 aromatic rings. The van der Waals surface area contributed by atoms with Gasteiger partial charge in [0.2, 0.25) is 23.6 Å². The first-order valence-corrected chi connectivity index (χ1v) is 35.4. The van der Waals surface area contributed by atoms with Gasteiger partial charge in [0.25, 0.3) is 0 Å². The first-order valence-electron chi connectivity index (χ1n) is 25.6. The Kier molecular flexibility index (Phi) is 28.9. The zero-order valence-electron chi connectivity index (χ0n) is 42.0. The van der Waals surface area contributed by atoms with E-state index in [0.717, 1.165) is 104 Å². The Morgan fingerprint density at radius 2 is 0.870 bits per heavy atom. The Hall–Kier alpha value is 0.120. The maximum atomic E-state index is 12.3. The molecule has 4 amide bonds. The van der Waals surface area contributed by atoms with E-state index in [2.05, 4.69) is 59.5 Å². The van der Waals surface area contributed by atoms with Crippen molar-refractivity contribution in [3.8, 4) is 0 Å². The van der Waals surface area contributed by atoms with Crippen molar-refractivity contribution >= 4 is 116 Å². The number of likely N-dealkylation sites (N-methyl/N-ethyl adjacent to an activating group) is 4. The van der Waals surface area contributed by atoms with Crippen molar-refractivity contribution in [1.29, 1.82) is 0 Å². The summed E-state index contributed by atoms with van der Waals surface area (Å²) in [6, 6.07) is -0.0502. The van der Waals surface area contributed by atoms with Crippen LogP contribution in [0.1, 0.15) is 51.4 Å². The topological polar surface area (TPSA) is 164 Å². The summed E-state index contributed by atoms with van der Waals surface area (Å²) in [7, 11) is 4.62. The van der Waals surface area contributed by atoms with Gasteiger partial charge < -0.3 is 40.9 Å². The molecule has 4 N–H and O–H groups in total. The number of hydrogen-bond donors (Lipinski definition) is 4. The van der Waals surface area contributed by atoms with E-state index in [1.54, 1.807) is 18.8 Å². The number of thioether (sulfide) groups is 7. The SMILES string of the molecule is CNC1CSCCN(CC2CCCCS2)C1=O.CNC1CSCCN(CC2CCCSC2)C1=O.CNC1CSCCN(CC2CCS(=O)(=O)C2)C1=O.CNC1CSCCN(CC2CCSCC2)C1=O. The highest BCUT2D eigenvalue weighted by Gasteiger charge is 2.34. The number of amides is 4. The van der Waals surface area contributed by atoms with Crippen molar-refractivity contribution in [2.45, 2.75) is 80.8 Å². The molecule has 7 atom stereocenters. The van der Waals surface area contributed by atoms with Crippen molar-refractivity contribution in [1.82, 2.24) is 40.9 Å². The first-order chi connectivity index (χ1) is 33.4. The maximum absolute atomic E-state index is 12.3. The fourth-order valence-corrected chi connectivity index (χ4v) is 19.5. The summed E-state index contributed by atoms with van der Waals surface area (Å²) in [5.41, 5.74) is 0. The Balaban J connectivity index is 0.000000172. The minimum absolute atomic E-state index is 0.0242. The molecular formula is C47H86N8O6S8. The summed E-state index contributed by atoms with van der Waals surface area (Å²) < 4.78 is 22.9. The highest BCUT2D eigenvalue weighted by Crippen LogP contribution is 2.28. The molecule has 0 aromatic heterocycles. The normalized spacial score (nSPS) is 30.9. The number of hydrogen-bond acceptors (Lipinski definition) is 17.